The first-order valence-corrected chi connectivity index (χ1v) is 8.81. The van der Waals surface area contributed by atoms with Gasteiger partial charge in [0.05, 0.1) is 12.2 Å². The minimum Gasteiger partial charge on any atom is -0.452 e. The molecular weight excluding hydrogens is 385 g/mol. The number of hydrogen-bond acceptors (Lipinski definition) is 4. The van der Waals surface area contributed by atoms with Crippen molar-refractivity contribution >= 4 is 29.2 Å². The third-order valence-corrected chi connectivity index (χ3v) is 4.27. The fourth-order valence-corrected chi connectivity index (χ4v) is 2.92. The van der Waals surface area contributed by atoms with Gasteiger partial charge in [0, 0.05) is 5.69 Å². The molecule has 3 rings (SSSR count). The molecule has 0 spiro atoms. The van der Waals surface area contributed by atoms with Crippen molar-refractivity contribution in [2.75, 3.05) is 11.9 Å². The summed E-state index contributed by atoms with van der Waals surface area (Å²) in [5, 5.41) is 6.86. The fraction of sp³-hybridized carbons (Fsp3) is 0.150. The smallest absolute Gasteiger partial charge is 0.343 e. The summed E-state index contributed by atoms with van der Waals surface area (Å²) in [5.74, 6) is -1.83. The Hall–Kier alpha value is -3.19. The number of ether oxygens (including phenoxy) is 1. The van der Waals surface area contributed by atoms with Crippen LogP contribution in [0.3, 0.4) is 0 Å². The first-order chi connectivity index (χ1) is 13.4. The predicted molar refractivity (Wildman–Crippen MR) is 103 cm³/mol. The van der Waals surface area contributed by atoms with Crippen LogP contribution >= 0.6 is 11.6 Å². The van der Waals surface area contributed by atoms with E-state index in [1.165, 1.54) is 22.9 Å². The van der Waals surface area contributed by atoms with Gasteiger partial charge in [-0.05, 0) is 30.7 Å². The average molecular weight is 402 g/mol. The number of benzene rings is 2. The summed E-state index contributed by atoms with van der Waals surface area (Å²) in [6, 6.07) is 14.9. The lowest BCUT2D eigenvalue weighted by molar-refractivity contribution is -0.119. The van der Waals surface area contributed by atoms with Crippen LogP contribution in [0.4, 0.5) is 10.1 Å². The first kappa shape index (κ1) is 19.6. The van der Waals surface area contributed by atoms with Crippen LogP contribution in [-0.4, -0.2) is 28.3 Å². The average Bonchev–Trinajstić information content (AvgIpc) is 2.94. The number of aryl methyl sites for hydroxylation is 1. The zero-order valence-corrected chi connectivity index (χ0v) is 15.7. The van der Waals surface area contributed by atoms with Gasteiger partial charge in [-0.1, -0.05) is 48.0 Å². The number of aromatic nitrogens is 2. The van der Waals surface area contributed by atoms with Crippen LogP contribution in [0.15, 0.2) is 54.6 Å². The second kappa shape index (κ2) is 8.67. The van der Waals surface area contributed by atoms with Gasteiger partial charge >= 0.3 is 5.97 Å². The molecule has 1 N–H and O–H groups in total. The summed E-state index contributed by atoms with van der Waals surface area (Å²) < 4.78 is 19.7. The number of nitrogens with zero attached hydrogens (tertiary/aromatic N) is 2. The van der Waals surface area contributed by atoms with E-state index in [2.05, 4.69) is 10.4 Å². The van der Waals surface area contributed by atoms with Crippen LogP contribution < -0.4 is 5.32 Å². The van der Waals surface area contributed by atoms with E-state index < -0.39 is 24.3 Å². The van der Waals surface area contributed by atoms with Crippen LogP contribution in [0.25, 0.3) is 0 Å². The van der Waals surface area contributed by atoms with E-state index in [4.69, 9.17) is 16.3 Å². The summed E-state index contributed by atoms with van der Waals surface area (Å²) in [6.45, 7) is 1.50. The molecule has 1 amide bonds. The van der Waals surface area contributed by atoms with Crippen molar-refractivity contribution in [2.24, 2.45) is 0 Å². The minimum absolute atomic E-state index is 0.108. The van der Waals surface area contributed by atoms with Gasteiger partial charge < -0.3 is 10.1 Å². The lowest BCUT2D eigenvalue weighted by atomic mass is 10.2. The van der Waals surface area contributed by atoms with Gasteiger partial charge in [0.1, 0.15) is 16.5 Å². The number of carbonyl (C=O) groups is 2. The maximum absolute atomic E-state index is 13.1. The topological polar surface area (TPSA) is 73.2 Å². The lowest BCUT2D eigenvalue weighted by Gasteiger charge is -2.07. The molecule has 0 radical (unpaired) electrons. The Kier molecular flexibility index (Phi) is 6.06. The molecule has 144 valence electrons. The molecule has 28 heavy (non-hydrogen) atoms. The number of carbonyl (C=O) groups excluding carboxylic acids is 2. The molecule has 0 saturated heterocycles. The molecule has 2 aromatic carbocycles. The van der Waals surface area contributed by atoms with Gasteiger partial charge in [0.2, 0.25) is 0 Å². The maximum atomic E-state index is 13.1. The van der Waals surface area contributed by atoms with Gasteiger partial charge in [0.15, 0.2) is 6.61 Å². The van der Waals surface area contributed by atoms with Crippen LogP contribution in [0.2, 0.25) is 5.15 Å². The lowest BCUT2D eigenvalue weighted by Crippen LogP contribution is -2.21. The molecule has 0 aliphatic carbocycles. The molecule has 0 aliphatic rings. The molecule has 0 unspecified atom stereocenters. The van der Waals surface area contributed by atoms with Crippen molar-refractivity contribution in [1.29, 1.82) is 0 Å². The molecule has 0 aliphatic heterocycles. The molecule has 3 aromatic rings. The molecule has 6 nitrogen and oxygen atoms in total. The molecule has 0 saturated carbocycles. The number of anilines is 1. The Morgan fingerprint density at radius 1 is 1.18 bits per heavy atom. The van der Waals surface area contributed by atoms with E-state index in [9.17, 15) is 14.0 Å². The number of nitrogens with one attached hydrogen (secondary N) is 1. The number of amides is 1. The van der Waals surface area contributed by atoms with Crippen molar-refractivity contribution in [1.82, 2.24) is 9.78 Å². The second-order valence-corrected chi connectivity index (χ2v) is 6.39. The van der Waals surface area contributed by atoms with Crippen LogP contribution in [0, 0.1) is 12.7 Å². The zero-order chi connectivity index (χ0) is 20.1. The van der Waals surface area contributed by atoms with Crippen molar-refractivity contribution in [2.45, 2.75) is 13.5 Å². The van der Waals surface area contributed by atoms with E-state index in [0.29, 0.717) is 12.2 Å². The van der Waals surface area contributed by atoms with E-state index in [0.717, 1.165) is 11.6 Å². The summed E-state index contributed by atoms with van der Waals surface area (Å²) in [5.41, 5.74) is 1.75. The Labute approximate surface area is 165 Å². The van der Waals surface area contributed by atoms with E-state index in [1.54, 1.807) is 6.92 Å². The standard InChI is InChI=1S/C20H17ClFN3O3/c1-13-18(19(21)25(24-13)11-14-6-3-2-4-7-14)20(27)28-12-17(26)23-16-9-5-8-15(22)10-16/h2-10H,11-12H2,1H3,(H,23,26). The normalized spacial score (nSPS) is 10.5. The van der Waals surface area contributed by atoms with Gasteiger partial charge in [-0.3, -0.25) is 4.79 Å². The monoisotopic (exact) mass is 401 g/mol. The SMILES string of the molecule is Cc1nn(Cc2ccccc2)c(Cl)c1C(=O)OCC(=O)Nc1cccc(F)c1. The van der Waals surface area contributed by atoms with Crippen LogP contribution in [0.1, 0.15) is 21.6 Å². The van der Waals surface area contributed by atoms with E-state index in [-0.39, 0.29) is 16.4 Å². The number of hydrogen-bond donors (Lipinski definition) is 1. The van der Waals surface area contributed by atoms with E-state index in [1.807, 2.05) is 30.3 Å². The third-order valence-electron chi connectivity index (χ3n) is 3.89. The molecule has 1 heterocycles. The van der Waals surface area contributed by atoms with Crippen LogP contribution in [-0.2, 0) is 16.1 Å². The summed E-state index contributed by atoms with van der Waals surface area (Å²) >= 11 is 6.29. The highest BCUT2D eigenvalue weighted by molar-refractivity contribution is 6.32. The van der Waals surface area contributed by atoms with Crippen molar-refractivity contribution < 1.29 is 18.7 Å². The first-order valence-electron chi connectivity index (χ1n) is 8.43. The zero-order valence-electron chi connectivity index (χ0n) is 15.0. The quantitative estimate of drug-likeness (QED) is 0.637. The number of halogens is 2. The summed E-state index contributed by atoms with van der Waals surface area (Å²) in [7, 11) is 0. The molecular formula is C20H17ClFN3O3. The molecule has 8 heteroatoms. The predicted octanol–water partition coefficient (Wildman–Crippen LogP) is 3.83. The van der Waals surface area contributed by atoms with Gasteiger partial charge in [0.25, 0.3) is 5.91 Å². The van der Waals surface area contributed by atoms with Crippen molar-refractivity contribution in [3.63, 3.8) is 0 Å². The molecule has 1 aromatic heterocycles. The molecule has 0 atom stereocenters. The highest BCUT2D eigenvalue weighted by Gasteiger charge is 2.22. The Morgan fingerprint density at radius 2 is 1.93 bits per heavy atom. The Bertz CT molecular complexity index is 1010. The Balaban J connectivity index is 1.63. The molecule has 0 fully saturated rings. The largest absolute Gasteiger partial charge is 0.452 e. The summed E-state index contributed by atoms with van der Waals surface area (Å²) in [6.07, 6.45) is 0. The number of esters is 1. The van der Waals surface area contributed by atoms with Crippen LogP contribution in [0.5, 0.6) is 0 Å². The highest BCUT2D eigenvalue weighted by atomic mass is 35.5. The minimum atomic E-state index is -0.754. The Morgan fingerprint density at radius 3 is 2.64 bits per heavy atom. The summed E-state index contributed by atoms with van der Waals surface area (Å²) in [4.78, 5) is 24.3. The van der Waals surface area contributed by atoms with Gasteiger partial charge in [-0.25, -0.2) is 13.9 Å². The fourth-order valence-electron chi connectivity index (χ4n) is 2.61. The second-order valence-electron chi connectivity index (χ2n) is 6.03. The molecule has 0 bridgehead atoms. The number of rotatable bonds is 6. The van der Waals surface area contributed by atoms with Gasteiger partial charge in [-0.15, -0.1) is 0 Å². The van der Waals surface area contributed by atoms with Crippen molar-refractivity contribution in [3.8, 4) is 0 Å². The third kappa shape index (κ3) is 4.75. The van der Waals surface area contributed by atoms with E-state index >= 15 is 0 Å². The van der Waals surface area contributed by atoms with Gasteiger partial charge in [-0.2, -0.15) is 5.10 Å². The van der Waals surface area contributed by atoms with Crippen molar-refractivity contribution in [3.05, 3.63) is 82.4 Å². The maximum Gasteiger partial charge on any atom is 0.343 e. The highest BCUT2D eigenvalue weighted by Crippen LogP contribution is 2.22.